The minimum atomic E-state index is 0.195. The number of hydrogen-bond acceptors (Lipinski definition) is 4. The van der Waals surface area contributed by atoms with Gasteiger partial charge in [0.2, 0.25) is 0 Å². The van der Waals surface area contributed by atoms with Gasteiger partial charge in [-0.3, -0.25) is 0 Å². The highest BCUT2D eigenvalue weighted by Crippen LogP contribution is 2.21. The Morgan fingerprint density at radius 2 is 2.38 bits per heavy atom. The summed E-state index contributed by atoms with van der Waals surface area (Å²) in [7, 11) is 0. The number of anilines is 1. The molecule has 0 amide bonds. The SMILES string of the molecule is CC(CO)C(C)Nc1nc(Br)cs1. The fourth-order valence-corrected chi connectivity index (χ4v) is 2.06. The fraction of sp³-hybridized carbons (Fsp3) is 0.625. The van der Waals surface area contributed by atoms with Crippen LogP contribution in [0.25, 0.3) is 0 Å². The number of thiazole rings is 1. The number of nitrogens with one attached hydrogen (secondary N) is 1. The highest BCUT2D eigenvalue weighted by molar-refractivity contribution is 9.10. The molecule has 0 radical (unpaired) electrons. The van der Waals surface area contributed by atoms with Gasteiger partial charge in [-0.05, 0) is 28.8 Å². The van der Waals surface area contributed by atoms with Gasteiger partial charge in [-0.1, -0.05) is 6.92 Å². The van der Waals surface area contributed by atoms with Crippen LogP contribution in [-0.2, 0) is 0 Å². The largest absolute Gasteiger partial charge is 0.396 e. The molecule has 1 aromatic heterocycles. The van der Waals surface area contributed by atoms with E-state index >= 15 is 0 Å². The summed E-state index contributed by atoms with van der Waals surface area (Å²) in [5.41, 5.74) is 0. The predicted molar refractivity (Wildman–Crippen MR) is 59.1 cm³/mol. The van der Waals surface area contributed by atoms with Crippen molar-refractivity contribution in [3.05, 3.63) is 9.98 Å². The maximum Gasteiger partial charge on any atom is 0.183 e. The third-order valence-corrected chi connectivity index (χ3v) is 3.45. The molecule has 2 unspecified atom stereocenters. The van der Waals surface area contributed by atoms with Gasteiger partial charge in [0.1, 0.15) is 4.60 Å². The second-order valence-electron chi connectivity index (χ2n) is 3.07. The summed E-state index contributed by atoms with van der Waals surface area (Å²) in [5.74, 6) is 0.239. The fourth-order valence-electron chi connectivity index (χ4n) is 0.816. The molecule has 1 aromatic rings. The first kappa shape index (κ1) is 10.9. The third-order valence-electron chi connectivity index (χ3n) is 1.97. The number of rotatable bonds is 4. The predicted octanol–water partition coefficient (Wildman–Crippen LogP) is 2.33. The second kappa shape index (κ2) is 4.93. The number of hydrogen-bond donors (Lipinski definition) is 2. The van der Waals surface area contributed by atoms with Crippen LogP contribution in [0, 0.1) is 5.92 Å². The first-order chi connectivity index (χ1) is 6.13. The highest BCUT2D eigenvalue weighted by atomic mass is 79.9. The van der Waals surface area contributed by atoms with E-state index in [1.54, 1.807) is 11.3 Å². The lowest BCUT2D eigenvalue weighted by Gasteiger charge is -2.18. The molecule has 5 heteroatoms. The number of aliphatic hydroxyl groups is 1. The van der Waals surface area contributed by atoms with Crippen LogP contribution in [0.2, 0.25) is 0 Å². The molecule has 0 fully saturated rings. The zero-order valence-corrected chi connectivity index (χ0v) is 10.0. The van der Waals surface area contributed by atoms with Crippen molar-refractivity contribution in [1.29, 1.82) is 0 Å². The summed E-state index contributed by atoms with van der Waals surface area (Å²) in [6, 6.07) is 0.239. The average molecular weight is 265 g/mol. The monoisotopic (exact) mass is 264 g/mol. The lowest BCUT2D eigenvalue weighted by atomic mass is 10.1. The van der Waals surface area contributed by atoms with Crippen LogP contribution in [0.4, 0.5) is 5.13 Å². The van der Waals surface area contributed by atoms with Crippen LogP contribution in [-0.4, -0.2) is 22.7 Å². The van der Waals surface area contributed by atoms with E-state index in [4.69, 9.17) is 5.11 Å². The van der Waals surface area contributed by atoms with E-state index < -0.39 is 0 Å². The molecule has 0 aliphatic heterocycles. The van der Waals surface area contributed by atoms with E-state index in [1.807, 2.05) is 19.2 Å². The minimum Gasteiger partial charge on any atom is -0.396 e. The molecule has 0 saturated heterocycles. The topological polar surface area (TPSA) is 45.1 Å². The molecule has 2 atom stereocenters. The normalized spacial score (nSPS) is 15.4. The summed E-state index contributed by atoms with van der Waals surface area (Å²) in [4.78, 5) is 4.21. The Kier molecular flexibility index (Phi) is 4.15. The van der Waals surface area contributed by atoms with Crippen molar-refractivity contribution in [2.45, 2.75) is 19.9 Å². The third kappa shape index (κ3) is 3.25. The van der Waals surface area contributed by atoms with Crippen molar-refractivity contribution in [3.63, 3.8) is 0 Å². The molecule has 3 nitrogen and oxygen atoms in total. The Labute approximate surface area is 90.3 Å². The van der Waals surface area contributed by atoms with Gasteiger partial charge in [-0.25, -0.2) is 4.98 Å². The van der Waals surface area contributed by atoms with Crippen LogP contribution in [0.1, 0.15) is 13.8 Å². The van der Waals surface area contributed by atoms with Gasteiger partial charge in [0.05, 0.1) is 0 Å². The lowest BCUT2D eigenvalue weighted by molar-refractivity contribution is 0.226. The van der Waals surface area contributed by atoms with Crippen molar-refractivity contribution in [2.75, 3.05) is 11.9 Å². The number of halogens is 1. The average Bonchev–Trinajstić information content (AvgIpc) is 2.49. The van der Waals surface area contributed by atoms with Crippen LogP contribution >= 0.6 is 27.3 Å². The maximum atomic E-state index is 8.92. The Bertz CT molecular complexity index is 266. The molecule has 1 rings (SSSR count). The smallest absolute Gasteiger partial charge is 0.183 e. The van der Waals surface area contributed by atoms with Gasteiger partial charge < -0.3 is 10.4 Å². The van der Waals surface area contributed by atoms with E-state index in [0.29, 0.717) is 0 Å². The molecule has 0 aliphatic carbocycles. The van der Waals surface area contributed by atoms with E-state index in [-0.39, 0.29) is 18.6 Å². The Hall–Kier alpha value is -0.130. The molecule has 0 spiro atoms. The van der Waals surface area contributed by atoms with Crippen molar-refractivity contribution >= 4 is 32.4 Å². The quantitative estimate of drug-likeness (QED) is 0.878. The molecule has 0 bridgehead atoms. The number of nitrogens with zero attached hydrogens (tertiary/aromatic N) is 1. The molecule has 2 N–H and O–H groups in total. The molecular formula is C8H13BrN2OS. The van der Waals surface area contributed by atoms with E-state index in [9.17, 15) is 0 Å². The lowest BCUT2D eigenvalue weighted by Crippen LogP contribution is -2.26. The zero-order valence-electron chi connectivity index (χ0n) is 7.62. The molecule has 74 valence electrons. The molecule has 0 saturated carbocycles. The van der Waals surface area contributed by atoms with Gasteiger partial charge in [-0.2, -0.15) is 0 Å². The molecule has 0 aliphatic rings. The molecule has 1 heterocycles. The Morgan fingerprint density at radius 1 is 1.69 bits per heavy atom. The van der Waals surface area contributed by atoms with E-state index in [1.165, 1.54) is 0 Å². The number of aliphatic hydroxyl groups excluding tert-OH is 1. The zero-order chi connectivity index (χ0) is 9.84. The van der Waals surface area contributed by atoms with E-state index in [0.717, 1.165) is 9.73 Å². The Balaban J connectivity index is 2.49. The van der Waals surface area contributed by atoms with Crippen molar-refractivity contribution < 1.29 is 5.11 Å². The van der Waals surface area contributed by atoms with Crippen LogP contribution in [0.3, 0.4) is 0 Å². The summed E-state index contributed by atoms with van der Waals surface area (Å²) in [6.07, 6.45) is 0. The Morgan fingerprint density at radius 3 is 2.85 bits per heavy atom. The first-order valence-corrected chi connectivity index (χ1v) is 5.79. The van der Waals surface area contributed by atoms with Crippen LogP contribution in [0.15, 0.2) is 9.98 Å². The summed E-state index contributed by atoms with van der Waals surface area (Å²) < 4.78 is 0.851. The van der Waals surface area contributed by atoms with Crippen molar-refractivity contribution in [2.24, 2.45) is 5.92 Å². The van der Waals surface area contributed by atoms with Crippen LogP contribution < -0.4 is 5.32 Å². The molecular weight excluding hydrogens is 252 g/mol. The first-order valence-electron chi connectivity index (χ1n) is 4.12. The highest BCUT2D eigenvalue weighted by Gasteiger charge is 2.11. The van der Waals surface area contributed by atoms with E-state index in [2.05, 4.69) is 26.2 Å². The summed E-state index contributed by atoms with van der Waals surface area (Å²) in [6.45, 7) is 4.23. The maximum absolute atomic E-state index is 8.92. The molecule has 0 aromatic carbocycles. The van der Waals surface area contributed by atoms with Crippen molar-refractivity contribution in [3.8, 4) is 0 Å². The second-order valence-corrected chi connectivity index (χ2v) is 4.74. The van der Waals surface area contributed by atoms with Gasteiger partial charge >= 0.3 is 0 Å². The summed E-state index contributed by atoms with van der Waals surface area (Å²) in [5, 5.41) is 15.0. The van der Waals surface area contributed by atoms with Gasteiger partial charge in [0.25, 0.3) is 0 Å². The number of aromatic nitrogens is 1. The minimum absolute atomic E-state index is 0.195. The van der Waals surface area contributed by atoms with Crippen LogP contribution in [0.5, 0.6) is 0 Å². The standard InChI is InChI=1S/C8H13BrN2OS/c1-5(3-12)6(2)10-8-11-7(9)4-13-8/h4-6,12H,3H2,1-2H3,(H,10,11). The van der Waals surface area contributed by atoms with Gasteiger partial charge in [0.15, 0.2) is 5.13 Å². The van der Waals surface area contributed by atoms with Gasteiger partial charge in [0, 0.05) is 18.0 Å². The van der Waals surface area contributed by atoms with Crippen molar-refractivity contribution in [1.82, 2.24) is 4.98 Å². The molecule has 13 heavy (non-hydrogen) atoms. The summed E-state index contributed by atoms with van der Waals surface area (Å²) >= 11 is 4.84. The van der Waals surface area contributed by atoms with Gasteiger partial charge in [-0.15, -0.1) is 11.3 Å².